The van der Waals surface area contributed by atoms with Crippen LogP contribution < -0.4 is 10.6 Å². The first-order valence-electron chi connectivity index (χ1n) is 7.31. The molecule has 1 atom stereocenters. The zero-order chi connectivity index (χ0) is 14.7. The van der Waals surface area contributed by atoms with Crippen molar-refractivity contribution in [2.75, 3.05) is 6.54 Å². The Hall–Kier alpha value is -0.770. The minimum atomic E-state index is -0.446. The SMILES string of the molecule is CC(C)(C)OC(=O)NC(CCNC1CC1)C(C)(C)C. The molecular weight excluding hydrogens is 240 g/mol. The molecule has 4 nitrogen and oxygen atoms in total. The van der Waals surface area contributed by atoms with E-state index in [1.807, 2.05) is 20.8 Å². The molecule has 1 aliphatic carbocycles. The topological polar surface area (TPSA) is 50.4 Å². The molecule has 0 aromatic heterocycles. The van der Waals surface area contributed by atoms with Gasteiger partial charge in [0.25, 0.3) is 0 Å². The largest absolute Gasteiger partial charge is 0.444 e. The smallest absolute Gasteiger partial charge is 0.407 e. The molecule has 0 saturated heterocycles. The number of nitrogens with one attached hydrogen (secondary N) is 2. The highest BCUT2D eigenvalue weighted by Gasteiger charge is 2.29. The molecule has 1 unspecified atom stereocenters. The van der Waals surface area contributed by atoms with Crippen molar-refractivity contribution in [1.29, 1.82) is 0 Å². The molecule has 0 heterocycles. The lowest BCUT2D eigenvalue weighted by atomic mass is 9.85. The van der Waals surface area contributed by atoms with Gasteiger partial charge in [-0.05, 0) is 52.0 Å². The Morgan fingerprint density at radius 2 is 1.79 bits per heavy atom. The lowest BCUT2D eigenvalue weighted by Gasteiger charge is -2.32. The van der Waals surface area contributed by atoms with Gasteiger partial charge in [-0.2, -0.15) is 0 Å². The van der Waals surface area contributed by atoms with Gasteiger partial charge in [0.05, 0.1) is 0 Å². The van der Waals surface area contributed by atoms with Crippen molar-refractivity contribution in [1.82, 2.24) is 10.6 Å². The van der Waals surface area contributed by atoms with E-state index in [9.17, 15) is 4.79 Å². The number of amides is 1. The maximum absolute atomic E-state index is 11.9. The average Bonchev–Trinajstić information content (AvgIpc) is 2.95. The maximum atomic E-state index is 11.9. The summed E-state index contributed by atoms with van der Waals surface area (Å²) in [6.45, 7) is 13.0. The summed E-state index contributed by atoms with van der Waals surface area (Å²) in [5, 5.41) is 6.50. The van der Waals surface area contributed by atoms with Crippen molar-refractivity contribution in [2.45, 2.75) is 78.5 Å². The first-order chi connectivity index (χ1) is 8.58. The number of carbonyl (C=O) groups excluding carboxylic acids is 1. The Kier molecular flexibility index (Phi) is 5.25. The molecule has 1 rings (SSSR count). The summed E-state index contributed by atoms with van der Waals surface area (Å²) in [6, 6.07) is 0.829. The lowest BCUT2D eigenvalue weighted by Crippen LogP contribution is -2.47. The van der Waals surface area contributed by atoms with E-state index in [4.69, 9.17) is 4.74 Å². The van der Waals surface area contributed by atoms with Crippen LogP contribution in [0.1, 0.15) is 60.8 Å². The molecule has 1 amide bonds. The van der Waals surface area contributed by atoms with E-state index in [1.54, 1.807) is 0 Å². The van der Waals surface area contributed by atoms with Crippen molar-refractivity contribution < 1.29 is 9.53 Å². The number of ether oxygens (including phenoxy) is 1. The van der Waals surface area contributed by atoms with E-state index in [1.165, 1.54) is 12.8 Å². The lowest BCUT2D eigenvalue weighted by molar-refractivity contribution is 0.0459. The molecule has 2 N–H and O–H groups in total. The van der Waals surface area contributed by atoms with E-state index in [-0.39, 0.29) is 17.6 Å². The van der Waals surface area contributed by atoms with E-state index < -0.39 is 5.60 Å². The highest BCUT2D eigenvalue weighted by atomic mass is 16.6. The highest BCUT2D eigenvalue weighted by molar-refractivity contribution is 5.68. The van der Waals surface area contributed by atoms with Crippen LogP contribution in [0, 0.1) is 5.41 Å². The second-order valence-corrected chi connectivity index (χ2v) is 7.58. The molecule has 4 heteroatoms. The van der Waals surface area contributed by atoms with Crippen LogP contribution >= 0.6 is 0 Å². The second kappa shape index (κ2) is 6.12. The van der Waals surface area contributed by atoms with Crippen LogP contribution in [-0.2, 0) is 4.74 Å². The normalized spacial score (nSPS) is 18.0. The molecule has 0 bridgehead atoms. The Morgan fingerprint density at radius 1 is 1.21 bits per heavy atom. The van der Waals surface area contributed by atoms with Crippen LogP contribution in [0.4, 0.5) is 4.79 Å². The van der Waals surface area contributed by atoms with Gasteiger partial charge in [0, 0.05) is 12.1 Å². The first-order valence-corrected chi connectivity index (χ1v) is 7.31. The molecule has 1 fully saturated rings. The summed E-state index contributed by atoms with van der Waals surface area (Å²) in [7, 11) is 0. The maximum Gasteiger partial charge on any atom is 0.407 e. The summed E-state index contributed by atoms with van der Waals surface area (Å²) < 4.78 is 5.33. The monoisotopic (exact) mass is 270 g/mol. The number of rotatable bonds is 5. The average molecular weight is 270 g/mol. The van der Waals surface area contributed by atoms with Crippen molar-refractivity contribution in [2.24, 2.45) is 5.41 Å². The van der Waals surface area contributed by atoms with Gasteiger partial charge >= 0.3 is 6.09 Å². The van der Waals surface area contributed by atoms with Crippen molar-refractivity contribution in [3.8, 4) is 0 Å². The minimum Gasteiger partial charge on any atom is -0.444 e. The predicted molar refractivity (Wildman–Crippen MR) is 78.3 cm³/mol. The molecule has 1 saturated carbocycles. The zero-order valence-corrected chi connectivity index (χ0v) is 13.3. The van der Waals surface area contributed by atoms with E-state index in [0.717, 1.165) is 13.0 Å². The first kappa shape index (κ1) is 16.3. The molecule has 19 heavy (non-hydrogen) atoms. The van der Waals surface area contributed by atoms with Crippen LogP contribution in [0.5, 0.6) is 0 Å². The van der Waals surface area contributed by atoms with Crippen LogP contribution in [0.3, 0.4) is 0 Å². The fraction of sp³-hybridized carbons (Fsp3) is 0.933. The third kappa shape index (κ3) is 7.41. The van der Waals surface area contributed by atoms with Gasteiger partial charge in [0.2, 0.25) is 0 Å². The second-order valence-electron chi connectivity index (χ2n) is 7.58. The van der Waals surface area contributed by atoms with Gasteiger partial charge in [-0.3, -0.25) is 0 Å². The fourth-order valence-corrected chi connectivity index (χ4v) is 1.89. The fourth-order valence-electron chi connectivity index (χ4n) is 1.89. The molecule has 0 aliphatic heterocycles. The Balaban J connectivity index is 2.41. The molecule has 0 spiro atoms. The molecule has 1 aliphatic rings. The molecule has 112 valence electrons. The van der Waals surface area contributed by atoms with Crippen LogP contribution in [-0.4, -0.2) is 30.3 Å². The van der Waals surface area contributed by atoms with Crippen LogP contribution in [0.15, 0.2) is 0 Å². The number of alkyl carbamates (subject to hydrolysis) is 1. The van der Waals surface area contributed by atoms with Gasteiger partial charge < -0.3 is 15.4 Å². The third-order valence-corrected chi connectivity index (χ3v) is 3.18. The summed E-state index contributed by atoms with van der Waals surface area (Å²) >= 11 is 0. The quantitative estimate of drug-likeness (QED) is 0.807. The summed E-state index contributed by atoms with van der Waals surface area (Å²) in [4.78, 5) is 11.9. The predicted octanol–water partition coefficient (Wildman–Crippen LogP) is 3.07. The standard InChI is InChI=1S/C15H30N2O2/c1-14(2,3)12(9-10-16-11-7-8-11)17-13(18)19-15(4,5)6/h11-12,16H,7-10H2,1-6H3,(H,17,18). The molecule has 0 radical (unpaired) electrons. The van der Waals surface area contributed by atoms with Crippen LogP contribution in [0.2, 0.25) is 0 Å². The summed E-state index contributed by atoms with van der Waals surface area (Å²) in [5.41, 5.74) is -0.416. The van der Waals surface area contributed by atoms with Crippen LogP contribution in [0.25, 0.3) is 0 Å². The molecule has 0 aromatic rings. The minimum absolute atomic E-state index is 0.0299. The highest BCUT2D eigenvalue weighted by Crippen LogP contribution is 2.23. The van der Waals surface area contributed by atoms with Gasteiger partial charge in [0.15, 0.2) is 0 Å². The number of hydrogen-bond donors (Lipinski definition) is 2. The number of hydrogen-bond acceptors (Lipinski definition) is 3. The summed E-state index contributed by atoms with van der Waals surface area (Å²) in [5.74, 6) is 0. The van der Waals surface area contributed by atoms with Crippen molar-refractivity contribution >= 4 is 6.09 Å². The Morgan fingerprint density at radius 3 is 2.21 bits per heavy atom. The van der Waals surface area contributed by atoms with Gasteiger partial charge in [-0.1, -0.05) is 20.8 Å². The Bertz CT molecular complexity index is 298. The Labute approximate surface area is 117 Å². The van der Waals surface area contributed by atoms with Gasteiger partial charge in [-0.15, -0.1) is 0 Å². The van der Waals surface area contributed by atoms with E-state index in [2.05, 4.69) is 31.4 Å². The van der Waals surface area contributed by atoms with Gasteiger partial charge in [-0.25, -0.2) is 4.79 Å². The zero-order valence-electron chi connectivity index (χ0n) is 13.3. The molecule has 0 aromatic carbocycles. The van der Waals surface area contributed by atoms with Crippen molar-refractivity contribution in [3.63, 3.8) is 0 Å². The summed E-state index contributed by atoms with van der Waals surface area (Å²) in [6.07, 6.45) is 3.19. The molecular formula is C15H30N2O2. The van der Waals surface area contributed by atoms with E-state index >= 15 is 0 Å². The van der Waals surface area contributed by atoms with Gasteiger partial charge in [0.1, 0.15) is 5.60 Å². The van der Waals surface area contributed by atoms with E-state index in [0.29, 0.717) is 6.04 Å². The third-order valence-electron chi connectivity index (χ3n) is 3.18. The van der Waals surface area contributed by atoms with Crippen molar-refractivity contribution in [3.05, 3.63) is 0 Å². The number of carbonyl (C=O) groups is 1.